The van der Waals surface area contributed by atoms with E-state index in [-0.39, 0.29) is 0 Å². The van der Waals surface area contributed by atoms with Crippen LogP contribution in [0.1, 0.15) is 38.3 Å². The number of benzene rings is 1. The average molecular weight is 265 g/mol. The lowest BCUT2D eigenvalue weighted by atomic mass is 10.0. The number of hydrogen-bond acceptors (Lipinski definition) is 2. The molecule has 1 aromatic carbocycles. The lowest BCUT2D eigenvalue weighted by molar-refractivity contribution is 0.404. The summed E-state index contributed by atoms with van der Waals surface area (Å²) in [6.45, 7) is 10.1. The second-order valence-corrected chi connectivity index (χ2v) is 6.08. The van der Waals surface area contributed by atoms with Gasteiger partial charge in [-0.2, -0.15) is 11.8 Å². The molecule has 0 saturated carbocycles. The summed E-state index contributed by atoms with van der Waals surface area (Å²) in [6.07, 6.45) is 1.25. The van der Waals surface area contributed by atoms with E-state index in [0.29, 0.717) is 6.04 Å². The molecule has 0 fully saturated rings. The van der Waals surface area contributed by atoms with Gasteiger partial charge in [0.2, 0.25) is 0 Å². The Kier molecular flexibility index (Phi) is 7.45. The van der Waals surface area contributed by atoms with Crippen LogP contribution in [0.25, 0.3) is 0 Å². The summed E-state index contributed by atoms with van der Waals surface area (Å²) in [5, 5.41) is 3.61. The van der Waals surface area contributed by atoms with Gasteiger partial charge in [-0.3, -0.25) is 0 Å². The standard InChI is InChI=1S/C16H27NS/c1-5-14(4)16(17-6-2)12-18-11-15-9-7-8-13(3)10-15/h7-10,14,16-17H,5-6,11-12H2,1-4H3. The zero-order valence-corrected chi connectivity index (χ0v) is 13.0. The third-order valence-electron chi connectivity index (χ3n) is 3.45. The maximum atomic E-state index is 3.61. The molecule has 2 atom stereocenters. The molecule has 1 rings (SSSR count). The van der Waals surface area contributed by atoms with Crippen molar-refractivity contribution in [1.82, 2.24) is 5.32 Å². The van der Waals surface area contributed by atoms with Gasteiger partial charge in [0, 0.05) is 17.5 Å². The molecule has 1 nitrogen and oxygen atoms in total. The molecule has 0 aliphatic carbocycles. The van der Waals surface area contributed by atoms with Crippen LogP contribution in [0.4, 0.5) is 0 Å². The highest BCUT2D eigenvalue weighted by molar-refractivity contribution is 7.98. The average Bonchev–Trinajstić information content (AvgIpc) is 2.37. The SMILES string of the molecule is CCNC(CSCc1cccc(C)c1)C(C)CC. The zero-order valence-electron chi connectivity index (χ0n) is 12.2. The van der Waals surface area contributed by atoms with Crippen LogP contribution < -0.4 is 5.32 Å². The molecule has 18 heavy (non-hydrogen) atoms. The van der Waals surface area contributed by atoms with Crippen LogP contribution in [-0.2, 0) is 5.75 Å². The van der Waals surface area contributed by atoms with E-state index in [0.717, 1.165) is 18.2 Å². The molecule has 0 aromatic heterocycles. The molecule has 1 N–H and O–H groups in total. The van der Waals surface area contributed by atoms with Gasteiger partial charge < -0.3 is 5.32 Å². The van der Waals surface area contributed by atoms with E-state index in [1.165, 1.54) is 23.3 Å². The highest BCUT2D eigenvalue weighted by Crippen LogP contribution is 2.18. The van der Waals surface area contributed by atoms with Crippen LogP contribution in [0.2, 0.25) is 0 Å². The highest BCUT2D eigenvalue weighted by atomic mass is 32.2. The summed E-state index contributed by atoms with van der Waals surface area (Å²) >= 11 is 2.04. The van der Waals surface area contributed by atoms with Crippen molar-refractivity contribution in [2.45, 2.75) is 45.9 Å². The Morgan fingerprint density at radius 3 is 2.67 bits per heavy atom. The highest BCUT2D eigenvalue weighted by Gasteiger charge is 2.14. The molecule has 102 valence electrons. The summed E-state index contributed by atoms with van der Waals surface area (Å²) in [7, 11) is 0. The monoisotopic (exact) mass is 265 g/mol. The van der Waals surface area contributed by atoms with Crippen LogP contribution in [0.5, 0.6) is 0 Å². The first-order valence-corrected chi connectivity index (χ1v) is 8.19. The molecule has 0 spiro atoms. The van der Waals surface area contributed by atoms with Crippen LogP contribution in [0, 0.1) is 12.8 Å². The molecule has 0 radical (unpaired) electrons. The van der Waals surface area contributed by atoms with Crippen molar-refractivity contribution in [2.75, 3.05) is 12.3 Å². The maximum Gasteiger partial charge on any atom is 0.0185 e. The van der Waals surface area contributed by atoms with Crippen molar-refractivity contribution >= 4 is 11.8 Å². The van der Waals surface area contributed by atoms with Crippen molar-refractivity contribution < 1.29 is 0 Å². The fourth-order valence-corrected chi connectivity index (χ4v) is 3.31. The van der Waals surface area contributed by atoms with Crippen LogP contribution in [0.15, 0.2) is 24.3 Å². The third-order valence-corrected chi connectivity index (χ3v) is 4.58. The predicted molar refractivity (Wildman–Crippen MR) is 84.3 cm³/mol. The molecule has 0 aliphatic rings. The van der Waals surface area contributed by atoms with Gasteiger partial charge in [-0.1, -0.05) is 57.0 Å². The van der Waals surface area contributed by atoms with Gasteiger partial charge in [0.1, 0.15) is 0 Å². The Labute approximate surface area is 117 Å². The first-order valence-electron chi connectivity index (χ1n) is 7.04. The van der Waals surface area contributed by atoms with Gasteiger partial charge in [-0.25, -0.2) is 0 Å². The minimum absolute atomic E-state index is 0.648. The smallest absolute Gasteiger partial charge is 0.0185 e. The van der Waals surface area contributed by atoms with Gasteiger partial charge in [-0.05, 0) is 24.9 Å². The van der Waals surface area contributed by atoms with Crippen molar-refractivity contribution in [1.29, 1.82) is 0 Å². The Morgan fingerprint density at radius 2 is 2.06 bits per heavy atom. The van der Waals surface area contributed by atoms with E-state index in [4.69, 9.17) is 0 Å². The first-order chi connectivity index (χ1) is 8.67. The predicted octanol–water partition coefficient (Wildman–Crippen LogP) is 4.25. The quantitative estimate of drug-likeness (QED) is 0.754. The fourth-order valence-electron chi connectivity index (χ4n) is 2.08. The van der Waals surface area contributed by atoms with Crippen LogP contribution in [-0.4, -0.2) is 18.3 Å². The second-order valence-electron chi connectivity index (χ2n) is 5.05. The van der Waals surface area contributed by atoms with Crippen LogP contribution in [0.3, 0.4) is 0 Å². The maximum absolute atomic E-state index is 3.61. The van der Waals surface area contributed by atoms with Crippen molar-refractivity contribution in [3.05, 3.63) is 35.4 Å². The summed E-state index contributed by atoms with van der Waals surface area (Å²) in [5.41, 5.74) is 2.80. The molecule has 1 aromatic rings. The molecule has 2 unspecified atom stereocenters. The van der Waals surface area contributed by atoms with Crippen molar-refractivity contribution in [2.24, 2.45) is 5.92 Å². The van der Waals surface area contributed by atoms with E-state index in [2.05, 4.69) is 57.3 Å². The van der Waals surface area contributed by atoms with E-state index in [9.17, 15) is 0 Å². The van der Waals surface area contributed by atoms with Crippen molar-refractivity contribution in [3.63, 3.8) is 0 Å². The van der Waals surface area contributed by atoms with Gasteiger partial charge in [0.05, 0.1) is 0 Å². The molecule has 0 bridgehead atoms. The Bertz CT molecular complexity index is 338. The van der Waals surface area contributed by atoms with E-state index in [1.807, 2.05) is 11.8 Å². The Morgan fingerprint density at radius 1 is 1.28 bits per heavy atom. The first kappa shape index (κ1) is 15.6. The van der Waals surface area contributed by atoms with Gasteiger partial charge in [0.25, 0.3) is 0 Å². The summed E-state index contributed by atoms with van der Waals surface area (Å²) in [5.74, 6) is 3.09. The fraction of sp³-hybridized carbons (Fsp3) is 0.625. The van der Waals surface area contributed by atoms with Crippen molar-refractivity contribution in [3.8, 4) is 0 Å². The minimum Gasteiger partial charge on any atom is -0.313 e. The van der Waals surface area contributed by atoms with Gasteiger partial charge in [-0.15, -0.1) is 0 Å². The number of thioether (sulfide) groups is 1. The normalized spacial score (nSPS) is 14.4. The van der Waals surface area contributed by atoms with Crippen LogP contribution >= 0.6 is 11.8 Å². The zero-order chi connectivity index (χ0) is 13.4. The second kappa shape index (κ2) is 8.60. The van der Waals surface area contributed by atoms with E-state index < -0.39 is 0 Å². The van der Waals surface area contributed by atoms with E-state index in [1.54, 1.807) is 0 Å². The number of rotatable bonds is 8. The molecular formula is C16H27NS. The molecule has 2 heteroatoms. The molecule has 0 amide bonds. The number of hydrogen-bond donors (Lipinski definition) is 1. The summed E-state index contributed by atoms with van der Waals surface area (Å²) in [4.78, 5) is 0. The number of nitrogens with one attached hydrogen (secondary N) is 1. The topological polar surface area (TPSA) is 12.0 Å². The Balaban J connectivity index is 2.38. The lowest BCUT2D eigenvalue weighted by Gasteiger charge is -2.23. The minimum atomic E-state index is 0.648. The number of aryl methyl sites for hydroxylation is 1. The van der Waals surface area contributed by atoms with E-state index >= 15 is 0 Å². The Hall–Kier alpha value is -0.470. The summed E-state index contributed by atoms with van der Waals surface area (Å²) in [6, 6.07) is 9.48. The lowest BCUT2D eigenvalue weighted by Crippen LogP contribution is -2.36. The third kappa shape index (κ3) is 5.45. The molecule has 0 saturated heterocycles. The molecule has 0 heterocycles. The molecular weight excluding hydrogens is 238 g/mol. The van der Waals surface area contributed by atoms with Gasteiger partial charge in [0.15, 0.2) is 0 Å². The summed E-state index contributed by atoms with van der Waals surface area (Å²) < 4.78 is 0. The van der Waals surface area contributed by atoms with Gasteiger partial charge >= 0.3 is 0 Å². The largest absolute Gasteiger partial charge is 0.313 e. The molecule has 0 aliphatic heterocycles.